The highest BCUT2D eigenvalue weighted by molar-refractivity contribution is 6.01. The Morgan fingerprint density at radius 2 is 1.48 bits per heavy atom. The van der Waals surface area contributed by atoms with Gasteiger partial charge in [-0.15, -0.1) is 0 Å². The van der Waals surface area contributed by atoms with Gasteiger partial charge >= 0.3 is 18.2 Å². The van der Waals surface area contributed by atoms with Crippen LogP contribution < -0.4 is 16.4 Å². The van der Waals surface area contributed by atoms with E-state index < -0.39 is 29.6 Å². The zero-order valence-electron chi connectivity index (χ0n) is 17.0. The van der Waals surface area contributed by atoms with E-state index in [1.807, 2.05) is 0 Å². The summed E-state index contributed by atoms with van der Waals surface area (Å²) in [5.41, 5.74) is 6.94. The van der Waals surface area contributed by atoms with E-state index in [1.165, 1.54) is 6.20 Å². The second-order valence-electron chi connectivity index (χ2n) is 7.05. The molecule has 0 radical (unpaired) electrons. The lowest BCUT2D eigenvalue weighted by atomic mass is 9.98. The minimum absolute atomic E-state index is 0.132. The van der Waals surface area contributed by atoms with Crippen molar-refractivity contribution in [3.05, 3.63) is 71.5 Å². The van der Waals surface area contributed by atoms with Crippen LogP contribution in [-0.4, -0.2) is 28.0 Å². The average molecular weight is 460 g/mol. The van der Waals surface area contributed by atoms with Gasteiger partial charge < -0.3 is 26.5 Å². The molecule has 172 valence electrons. The van der Waals surface area contributed by atoms with Crippen LogP contribution in [0.3, 0.4) is 0 Å². The first kappa shape index (κ1) is 23.4. The zero-order valence-corrected chi connectivity index (χ0v) is 17.0. The number of halogens is 3. The van der Waals surface area contributed by atoms with Gasteiger partial charge in [-0.3, -0.25) is 9.59 Å². The fraction of sp³-hybridized carbons (Fsp3) is 0.136. The molecule has 3 amide bonds. The highest BCUT2D eigenvalue weighted by Gasteiger charge is 2.30. The number of rotatable bonds is 7. The van der Waals surface area contributed by atoms with Gasteiger partial charge in [-0.2, -0.15) is 13.2 Å². The van der Waals surface area contributed by atoms with Gasteiger partial charge in [0.1, 0.15) is 5.69 Å². The number of nitrogens with one attached hydrogen (secondary N) is 3. The van der Waals surface area contributed by atoms with Crippen LogP contribution in [0, 0.1) is 0 Å². The van der Waals surface area contributed by atoms with Crippen molar-refractivity contribution < 1.29 is 32.7 Å². The van der Waals surface area contributed by atoms with Gasteiger partial charge in [0, 0.05) is 29.6 Å². The van der Waals surface area contributed by atoms with Gasteiger partial charge in [-0.1, -0.05) is 12.1 Å². The molecule has 0 fully saturated rings. The molecule has 33 heavy (non-hydrogen) atoms. The van der Waals surface area contributed by atoms with E-state index in [4.69, 9.17) is 10.8 Å². The smallest absolute Gasteiger partial charge is 0.416 e. The number of alkyl halides is 3. The number of aliphatic carboxylic acids is 1. The molecule has 3 rings (SSSR count). The van der Waals surface area contributed by atoms with Crippen LogP contribution in [-0.2, 0) is 17.4 Å². The summed E-state index contributed by atoms with van der Waals surface area (Å²) in [5.74, 6) is -1.69. The molecular weight excluding hydrogens is 441 g/mol. The Kier molecular flexibility index (Phi) is 6.71. The third-order valence-electron chi connectivity index (χ3n) is 4.72. The SMILES string of the molecule is NC(=O)c1[nH]cc(CCC(=O)O)c1-c1ccc(NC(=O)Nc2ccc(C(F)(F)F)cc2)cc1. The lowest BCUT2D eigenvalue weighted by molar-refractivity contribution is -0.138. The van der Waals surface area contributed by atoms with Crippen molar-refractivity contribution in [1.29, 1.82) is 0 Å². The number of carbonyl (C=O) groups is 3. The number of hydrogen-bond donors (Lipinski definition) is 5. The number of carbonyl (C=O) groups excluding carboxylic acids is 2. The summed E-state index contributed by atoms with van der Waals surface area (Å²) < 4.78 is 37.9. The standard InChI is InChI=1S/C22H19F3N4O4/c23-22(24,25)14-4-8-16(9-5-14)29-21(33)28-15-6-1-12(2-7-15)18-13(3-10-17(30)31)11-27-19(18)20(26)32/h1-2,4-9,11,27H,3,10H2,(H2,26,32)(H,30,31)(H2,28,29,33). The number of aromatic nitrogens is 1. The summed E-state index contributed by atoms with van der Waals surface area (Å²) in [6, 6.07) is 9.69. The molecule has 0 saturated carbocycles. The Labute approximate surface area is 185 Å². The quantitative estimate of drug-likeness (QED) is 0.355. The van der Waals surface area contributed by atoms with Crippen LogP contribution in [0.15, 0.2) is 54.7 Å². The van der Waals surface area contributed by atoms with Crippen molar-refractivity contribution in [3.63, 3.8) is 0 Å². The Bertz CT molecular complexity index is 1170. The molecule has 0 atom stereocenters. The maximum absolute atomic E-state index is 12.6. The number of urea groups is 1. The van der Waals surface area contributed by atoms with Gasteiger partial charge in [0.15, 0.2) is 0 Å². The van der Waals surface area contributed by atoms with Crippen molar-refractivity contribution in [2.75, 3.05) is 10.6 Å². The molecule has 0 aliphatic carbocycles. The molecule has 2 aromatic carbocycles. The highest BCUT2D eigenvalue weighted by Crippen LogP contribution is 2.31. The number of anilines is 2. The van der Waals surface area contributed by atoms with Gasteiger partial charge in [-0.05, 0) is 53.9 Å². The number of nitrogens with two attached hydrogens (primary N) is 1. The fourth-order valence-electron chi connectivity index (χ4n) is 3.18. The second-order valence-corrected chi connectivity index (χ2v) is 7.05. The third kappa shape index (κ3) is 5.91. The molecule has 0 spiro atoms. The highest BCUT2D eigenvalue weighted by atomic mass is 19.4. The Balaban J connectivity index is 1.71. The van der Waals surface area contributed by atoms with Crippen LogP contribution in [0.2, 0.25) is 0 Å². The predicted molar refractivity (Wildman–Crippen MR) is 115 cm³/mol. The number of H-pyrrole nitrogens is 1. The lowest BCUT2D eigenvalue weighted by Crippen LogP contribution is -2.19. The van der Waals surface area contributed by atoms with Crippen molar-refractivity contribution in [2.24, 2.45) is 5.73 Å². The summed E-state index contributed by atoms with van der Waals surface area (Å²) in [7, 11) is 0. The van der Waals surface area contributed by atoms with Crippen LogP contribution in [0.4, 0.5) is 29.3 Å². The molecule has 0 bridgehead atoms. The molecule has 6 N–H and O–H groups in total. The van der Waals surface area contributed by atoms with Crippen molar-refractivity contribution in [1.82, 2.24) is 4.98 Å². The first-order valence-corrected chi connectivity index (χ1v) is 9.62. The summed E-state index contributed by atoms with van der Waals surface area (Å²) in [6.07, 6.45) is -2.89. The number of hydrogen-bond acceptors (Lipinski definition) is 3. The van der Waals surface area contributed by atoms with Gasteiger partial charge in [0.2, 0.25) is 0 Å². The second kappa shape index (κ2) is 9.47. The van der Waals surface area contributed by atoms with E-state index in [0.29, 0.717) is 22.4 Å². The van der Waals surface area contributed by atoms with E-state index in [0.717, 1.165) is 24.3 Å². The molecule has 0 aliphatic rings. The normalized spacial score (nSPS) is 11.1. The van der Waals surface area contributed by atoms with E-state index in [2.05, 4.69) is 15.6 Å². The maximum Gasteiger partial charge on any atom is 0.416 e. The summed E-state index contributed by atoms with van der Waals surface area (Å²) in [5, 5.41) is 13.9. The van der Waals surface area contributed by atoms with E-state index in [9.17, 15) is 27.6 Å². The van der Waals surface area contributed by atoms with Crippen LogP contribution >= 0.6 is 0 Å². The number of aromatic amines is 1. The Morgan fingerprint density at radius 3 is 1.97 bits per heavy atom. The minimum Gasteiger partial charge on any atom is -0.481 e. The number of amides is 3. The maximum atomic E-state index is 12.6. The monoisotopic (exact) mass is 460 g/mol. The van der Waals surface area contributed by atoms with Crippen molar-refractivity contribution in [3.8, 4) is 11.1 Å². The first-order valence-electron chi connectivity index (χ1n) is 9.62. The molecule has 0 saturated heterocycles. The van der Waals surface area contributed by atoms with E-state index in [-0.39, 0.29) is 24.2 Å². The molecule has 1 aromatic heterocycles. The average Bonchev–Trinajstić information content (AvgIpc) is 3.17. The summed E-state index contributed by atoms with van der Waals surface area (Å²) >= 11 is 0. The molecule has 8 nitrogen and oxygen atoms in total. The molecule has 3 aromatic rings. The van der Waals surface area contributed by atoms with Gasteiger partial charge in [-0.25, -0.2) is 4.79 Å². The first-order chi connectivity index (χ1) is 15.5. The Morgan fingerprint density at radius 1 is 0.939 bits per heavy atom. The summed E-state index contributed by atoms with van der Waals surface area (Å²) in [6.45, 7) is 0. The van der Waals surface area contributed by atoms with Crippen molar-refractivity contribution in [2.45, 2.75) is 19.0 Å². The third-order valence-corrected chi connectivity index (χ3v) is 4.72. The lowest BCUT2D eigenvalue weighted by Gasteiger charge is -2.11. The van der Waals surface area contributed by atoms with E-state index >= 15 is 0 Å². The zero-order chi connectivity index (χ0) is 24.2. The molecular formula is C22H19F3N4O4. The Hall–Kier alpha value is -4.28. The van der Waals surface area contributed by atoms with Crippen molar-refractivity contribution >= 4 is 29.3 Å². The van der Waals surface area contributed by atoms with E-state index in [1.54, 1.807) is 24.3 Å². The number of benzene rings is 2. The van der Waals surface area contributed by atoms with Crippen LogP contribution in [0.1, 0.15) is 28.0 Å². The fourth-order valence-corrected chi connectivity index (χ4v) is 3.18. The topological polar surface area (TPSA) is 137 Å². The molecule has 0 unspecified atom stereocenters. The predicted octanol–water partition coefficient (Wildman–Crippen LogP) is 4.46. The number of primary amides is 1. The summed E-state index contributed by atoms with van der Waals surface area (Å²) in [4.78, 5) is 37.6. The number of aryl methyl sites for hydroxylation is 1. The van der Waals surface area contributed by atoms with Crippen LogP contribution in [0.25, 0.3) is 11.1 Å². The molecule has 11 heteroatoms. The molecule has 0 aliphatic heterocycles. The minimum atomic E-state index is -4.47. The van der Waals surface area contributed by atoms with Gasteiger partial charge in [0.05, 0.1) is 5.56 Å². The largest absolute Gasteiger partial charge is 0.481 e. The number of carboxylic acids is 1. The van der Waals surface area contributed by atoms with Crippen LogP contribution in [0.5, 0.6) is 0 Å². The molecule has 1 heterocycles. The number of carboxylic acid groups (broad SMARTS) is 1. The van der Waals surface area contributed by atoms with Gasteiger partial charge in [0.25, 0.3) is 5.91 Å².